The molecule has 4 rings (SSSR count). The Morgan fingerprint density at radius 3 is 2.38 bits per heavy atom. The lowest BCUT2D eigenvalue weighted by Gasteiger charge is -2.20. The predicted molar refractivity (Wildman–Crippen MR) is 114 cm³/mol. The fourth-order valence-corrected chi connectivity index (χ4v) is 3.76. The third-order valence-electron chi connectivity index (χ3n) is 5.23. The molecule has 0 saturated heterocycles. The maximum absolute atomic E-state index is 12.9. The van der Waals surface area contributed by atoms with Crippen molar-refractivity contribution in [1.82, 2.24) is 24.4 Å². The molecule has 0 spiro atoms. The van der Waals surface area contributed by atoms with Gasteiger partial charge in [0.1, 0.15) is 12.4 Å². The zero-order valence-corrected chi connectivity index (χ0v) is 16.8. The summed E-state index contributed by atoms with van der Waals surface area (Å²) < 4.78 is 3.21. The van der Waals surface area contributed by atoms with Gasteiger partial charge >= 0.3 is 5.69 Å². The summed E-state index contributed by atoms with van der Waals surface area (Å²) >= 11 is 0. The van der Waals surface area contributed by atoms with Crippen LogP contribution in [0.1, 0.15) is 32.6 Å². The van der Waals surface area contributed by atoms with Crippen molar-refractivity contribution in [3.63, 3.8) is 0 Å². The van der Waals surface area contributed by atoms with E-state index in [2.05, 4.69) is 15.3 Å². The standard InChI is InChI=1S/C22H25N5O2/c1-4-26-17-11-7-8-12-18(17)27(22(26)29)13-19(28)25-20(14(2)3)21-23-15-9-5-6-10-16(15)24-21/h5-12,14,20H,4,13H2,1-3H3,(H,23,24)(H,25,28). The third kappa shape index (κ3) is 3.44. The smallest absolute Gasteiger partial charge is 0.329 e. The highest BCUT2D eigenvalue weighted by atomic mass is 16.2. The van der Waals surface area contributed by atoms with Crippen molar-refractivity contribution >= 4 is 28.0 Å². The highest BCUT2D eigenvalue weighted by molar-refractivity contribution is 5.81. The number of para-hydroxylation sites is 4. The van der Waals surface area contributed by atoms with E-state index in [1.54, 1.807) is 4.57 Å². The number of carbonyl (C=O) groups is 1. The zero-order valence-electron chi connectivity index (χ0n) is 16.8. The number of benzene rings is 2. The van der Waals surface area contributed by atoms with Gasteiger partial charge < -0.3 is 10.3 Å². The lowest BCUT2D eigenvalue weighted by molar-refractivity contribution is -0.122. The summed E-state index contributed by atoms with van der Waals surface area (Å²) in [6.45, 7) is 6.52. The van der Waals surface area contributed by atoms with Crippen LogP contribution in [0.5, 0.6) is 0 Å². The largest absolute Gasteiger partial charge is 0.344 e. The maximum Gasteiger partial charge on any atom is 0.329 e. The topological polar surface area (TPSA) is 84.7 Å². The Balaban J connectivity index is 1.62. The van der Waals surface area contributed by atoms with E-state index in [0.717, 1.165) is 27.9 Å². The van der Waals surface area contributed by atoms with Crippen LogP contribution in [0.15, 0.2) is 53.3 Å². The second kappa shape index (κ2) is 7.58. The van der Waals surface area contributed by atoms with E-state index >= 15 is 0 Å². The van der Waals surface area contributed by atoms with E-state index in [0.29, 0.717) is 6.54 Å². The number of aromatic nitrogens is 4. The van der Waals surface area contributed by atoms with Crippen molar-refractivity contribution in [2.24, 2.45) is 5.92 Å². The first-order valence-corrected chi connectivity index (χ1v) is 9.91. The van der Waals surface area contributed by atoms with Gasteiger partial charge in [-0.05, 0) is 37.1 Å². The number of imidazole rings is 2. The fraction of sp³-hybridized carbons (Fsp3) is 0.318. The summed E-state index contributed by atoms with van der Waals surface area (Å²) in [6.07, 6.45) is 0. The van der Waals surface area contributed by atoms with Gasteiger partial charge in [0.25, 0.3) is 0 Å². The number of nitrogens with one attached hydrogen (secondary N) is 2. The molecular formula is C22H25N5O2. The molecule has 0 radical (unpaired) electrons. The molecule has 1 unspecified atom stereocenters. The Morgan fingerprint density at radius 2 is 1.72 bits per heavy atom. The van der Waals surface area contributed by atoms with Crippen LogP contribution in [0, 0.1) is 5.92 Å². The van der Waals surface area contributed by atoms with Gasteiger partial charge in [0.2, 0.25) is 5.91 Å². The second-order valence-corrected chi connectivity index (χ2v) is 7.53. The van der Waals surface area contributed by atoms with Gasteiger partial charge in [0, 0.05) is 6.54 Å². The van der Waals surface area contributed by atoms with E-state index < -0.39 is 0 Å². The molecule has 0 aliphatic carbocycles. The van der Waals surface area contributed by atoms with Gasteiger partial charge in [0.05, 0.1) is 28.1 Å². The van der Waals surface area contributed by atoms with Crippen LogP contribution in [-0.2, 0) is 17.9 Å². The van der Waals surface area contributed by atoms with Gasteiger partial charge in [-0.15, -0.1) is 0 Å². The number of amides is 1. The van der Waals surface area contributed by atoms with Gasteiger partial charge in [-0.25, -0.2) is 9.78 Å². The molecule has 0 fully saturated rings. The van der Waals surface area contributed by atoms with Gasteiger partial charge in [-0.1, -0.05) is 38.1 Å². The molecule has 0 bridgehead atoms. The maximum atomic E-state index is 12.9. The summed E-state index contributed by atoms with van der Waals surface area (Å²) in [4.78, 5) is 33.6. The SMILES string of the molecule is CCn1c(=O)n(CC(=O)NC(c2nc3ccccc3[nH]2)C(C)C)c2ccccc21. The predicted octanol–water partition coefficient (Wildman–Crippen LogP) is 3.21. The number of hydrogen-bond acceptors (Lipinski definition) is 3. The first-order chi connectivity index (χ1) is 14.0. The summed E-state index contributed by atoms with van der Waals surface area (Å²) in [7, 11) is 0. The summed E-state index contributed by atoms with van der Waals surface area (Å²) in [5.74, 6) is 0.636. The van der Waals surface area contributed by atoms with Crippen molar-refractivity contribution in [1.29, 1.82) is 0 Å². The molecule has 1 atom stereocenters. The van der Waals surface area contributed by atoms with Gasteiger partial charge in [0.15, 0.2) is 0 Å². The Labute approximate surface area is 168 Å². The summed E-state index contributed by atoms with van der Waals surface area (Å²) in [5.41, 5.74) is 3.23. The number of H-pyrrole nitrogens is 1. The average Bonchev–Trinajstić information content (AvgIpc) is 3.25. The minimum Gasteiger partial charge on any atom is -0.344 e. The molecule has 0 aliphatic heterocycles. The van der Waals surface area contributed by atoms with E-state index in [-0.39, 0.29) is 30.1 Å². The van der Waals surface area contributed by atoms with Crippen LogP contribution in [0.2, 0.25) is 0 Å². The molecule has 0 saturated carbocycles. The zero-order chi connectivity index (χ0) is 20.5. The van der Waals surface area contributed by atoms with Crippen LogP contribution >= 0.6 is 0 Å². The summed E-state index contributed by atoms with van der Waals surface area (Å²) in [6, 6.07) is 15.1. The molecule has 2 aromatic heterocycles. The van der Waals surface area contributed by atoms with Crippen molar-refractivity contribution in [2.75, 3.05) is 0 Å². The lowest BCUT2D eigenvalue weighted by Crippen LogP contribution is -2.37. The van der Waals surface area contributed by atoms with Crippen LogP contribution in [0.25, 0.3) is 22.1 Å². The summed E-state index contributed by atoms with van der Waals surface area (Å²) in [5, 5.41) is 3.06. The van der Waals surface area contributed by atoms with Crippen molar-refractivity contribution in [3.05, 3.63) is 64.8 Å². The molecule has 0 aliphatic rings. The minimum atomic E-state index is -0.273. The number of aromatic amines is 1. The van der Waals surface area contributed by atoms with Crippen molar-refractivity contribution < 1.29 is 4.79 Å². The molecule has 150 valence electrons. The molecule has 4 aromatic rings. The second-order valence-electron chi connectivity index (χ2n) is 7.53. The number of aryl methyl sites for hydroxylation is 1. The molecule has 2 heterocycles. The normalized spacial score (nSPS) is 12.7. The monoisotopic (exact) mass is 391 g/mol. The Hall–Kier alpha value is -3.35. The molecular weight excluding hydrogens is 366 g/mol. The van der Waals surface area contributed by atoms with Crippen LogP contribution in [0.4, 0.5) is 0 Å². The number of rotatable bonds is 6. The first-order valence-electron chi connectivity index (χ1n) is 9.91. The minimum absolute atomic E-state index is 0.0319. The lowest BCUT2D eigenvalue weighted by atomic mass is 10.0. The number of hydrogen-bond donors (Lipinski definition) is 2. The van der Waals surface area contributed by atoms with Gasteiger partial charge in [-0.3, -0.25) is 13.9 Å². The van der Waals surface area contributed by atoms with Crippen LogP contribution < -0.4 is 11.0 Å². The van der Waals surface area contributed by atoms with Gasteiger partial charge in [-0.2, -0.15) is 0 Å². The van der Waals surface area contributed by atoms with E-state index in [1.807, 2.05) is 69.3 Å². The van der Waals surface area contributed by atoms with Crippen molar-refractivity contribution in [3.8, 4) is 0 Å². The van der Waals surface area contributed by atoms with E-state index in [1.165, 1.54) is 4.57 Å². The Morgan fingerprint density at radius 1 is 1.07 bits per heavy atom. The highest BCUT2D eigenvalue weighted by Gasteiger charge is 2.23. The molecule has 7 heteroatoms. The Bertz CT molecular complexity index is 1200. The highest BCUT2D eigenvalue weighted by Crippen LogP contribution is 2.22. The molecule has 2 aromatic carbocycles. The number of carbonyl (C=O) groups excluding carboxylic acids is 1. The number of fused-ring (bicyclic) bond motifs is 2. The Kier molecular flexibility index (Phi) is 4.96. The van der Waals surface area contributed by atoms with Crippen molar-refractivity contribution in [2.45, 2.75) is 39.9 Å². The van der Waals surface area contributed by atoms with Crippen LogP contribution in [-0.4, -0.2) is 25.0 Å². The molecule has 1 amide bonds. The third-order valence-corrected chi connectivity index (χ3v) is 5.23. The molecule has 7 nitrogen and oxygen atoms in total. The van der Waals surface area contributed by atoms with E-state index in [4.69, 9.17) is 0 Å². The fourth-order valence-electron chi connectivity index (χ4n) is 3.76. The quantitative estimate of drug-likeness (QED) is 0.529. The molecule has 2 N–H and O–H groups in total. The first kappa shape index (κ1) is 19.0. The van der Waals surface area contributed by atoms with Crippen LogP contribution in [0.3, 0.4) is 0 Å². The van der Waals surface area contributed by atoms with E-state index in [9.17, 15) is 9.59 Å². The number of nitrogens with zero attached hydrogens (tertiary/aromatic N) is 3. The molecule has 29 heavy (non-hydrogen) atoms. The average molecular weight is 391 g/mol.